The topological polar surface area (TPSA) is 81.1 Å². The highest BCUT2D eigenvalue weighted by Gasteiger charge is 2.11. The SMILES string of the molecule is CCOc1ccc(-n2nc3cc(C)c(NC(=S)NC(=O)CSc4ccc(Cl)cc4)cc3n2)cc1. The van der Waals surface area contributed by atoms with Crippen LogP contribution in [-0.2, 0) is 4.79 Å². The van der Waals surface area contributed by atoms with Gasteiger partial charge < -0.3 is 15.4 Å². The molecule has 0 fully saturated rings. The lowest BCUT2D eigenvalue weighted by Gasteiger charge is -2.11. The molecule has 0 spiro atoms. The maximum Gasteiger partial charge on any atom is 0.236 e. The van der Waals surface area contributed by atoms with Crippen LogP contribution in [0.25, 0.3) is 16.7 Å². The third-order valence-corrected chi connectivity index (χ3v) is 6.26. The van der Waals surface area contributed by atoms with Crippen molar-refractivity contribution < 1.29 is 9.53 Å². The van der Waals surface area contributed by atoms with E-state index in [1.807, 2.05) is 62.4 Å². The van der Waals surface area contributed by atoms with Gasteiger partial charge in [0.05, 0.1) is 18.0 Å². The van der Waals surface area contributed by atoms with Gasteiger partial charge in [-0.1, -0.05) is 11.6 Å². The minimum atomic E-state index is -0.197. The van der Waals surface area contributed by atoms with Crippen molar-refractivity contribution in [2.45, 2.75) is 18.7 Å². The van der Waals surface area contributed by atoms with Gasteiger partial charge in [0.2, 0.25) is 5.91 Å². The molecule has 1 amide bonds. The Hall–Kier alpha value is -3.14. The van der Waals surface area contributed by atoms with Crippen molar-refractivity contribution in [2.24, 2.45) is 0 Å². The average molecular weight is 512 g/mol. The largest absolute Gasteiger partial charge is 0.494 e. The molecule has 4 rings (SSSR count). The third kappa shape index (κ3) is 6.05. The number of amides is 1. The Kier molecular flexibility index (Phi) is 7.66. The number of rotatable bonds is 7. The molecule has 0 unspecified atom stereocenters. The molecular weight excluding hydrogens is 490 g/mol. The van der Waals surface area contributed by atoms with E-state index in [0.29, 0.717) is 17.1 Å². The van der Waals surface area contributed by atoms with Gasteiger partial charge in [-0.3, -0.25) is 4.79 Å². The highest BCUT2D eigenvalue weighted by Crippen LogP contribution is 2.23. The average Bonchev–Trinajstić information content (AvgIpc) is 3.22. The summed E-state index contributed by atoms with van der Waals surface area (Å²) in [6, 6.07) is 18.7. The van der Waals surface area contributed by atoms with E-state index in [-0.39, 0.29) is 16.8 Å². The number of carbonyl (C=O) groups excluding carboxylic acids is 1. The van der Waals surface area contributed by atoms with E-state index in [1.54, 1.807) is 16.9 Å². The molecule has 0 saturated heterocycles. The summed E-state index contributed by atoms with van der Waals surface area (Å²) in [6.07, 6.45) is 0. The normalized spacial score (nSPS) is 10.8. The lowest BCUT2D eigenvalue weighted by atomic mass is 10.2. The number of aromatic nitrogens is 3. The van der Waals surface area contributed by atoms with Crippen molar-refractivity contribution in [3.63, 3.8) is 0 Å². The summed E-state index contributed by atoms with van der Waals surface area (Å²) in [4.78, 5) is 14.8. The molecule has 0 aliphatic heterocycles. The number of thioether (sulfide) groups is 1. The van der Waals surface area contributed by atoms with Gasteiger partial charge in [-0.25, -0.2) is 0 Å². The number of anilines is 1. The van der Waals surface area contributed by atoms with Gasteiger partial charge in [0.15, 0.2) is 5.11 Å². The van der Waals surface area contributed by atoms with Gasteiger partial charge in [0, 0.05) is 15.6 Å². The minimum absolute atomic E-state index is 0.197. The molecule has 0 atom stereocenters. The second kappa shape index (κ2) is 10.9. The van der Waals surface area contributed by atoms with Crippen LogP contribution in [0, 0.1) is 6.92 Å². The fourth-order valence-corrected chi connectivity index (χ4v) is 4.20. The van der Waals surface area contributed by atoms with Crippen molar-refractivity contribution in [3.05, 3.63) is 71.2 Å². The van der Waals surface area contributed by atoms with E-state index in [2.05, 4.69) is 20.8 Å². The first-order chi connectivity index (χ1) is 16.4. The second-order valence-electron chi connectivity index (χ2n) is 7.32. The van der Waals surface area contributed by atoms with Crippen molar-refractivity contribution >= 4 is 63.3 Å². The van der Waals surface area contributed by atoms with Crippen LogP contribution in [-0.4, -0.2) is 38.4 Å². The molecule has 2 N–H and O–H groups in total. The molecule has 1 heterocycles. The lowest BCUT2D eigenvalue weighted by Crippen LogP contribution is -2.35. The fourth-order valence-electron chi connectivity index (χ4n) is 3.16. The Morgan fingerprint density at radius 1 is 1.09 bits per heavy atom. The Labute approximate surface area is 211 Å². The Bertz CT molecular complexity index is 1320. The molecule has 0 radical (unpaired) electrons. The van der Waals surface area contributed by atoms with Crippen molar-refractivity contribution in [2.75, 3.05) is 17.7 Å². The summed E-state index contributed by atoms with van der Waals surface area (Å²) in [7, 11) is 0. The molecule has 3 aromatic carbocycles. The molecule has 1 aromatic heterocycles. The quantitative estimate of drug-likeness (QED) is 0.254. The van der Waals surface area contributed by atoms with Crippen LogP contribution >= 0.6 is 35.6 Å². The second-order valence-corrected chi connectivity index (χ2v) is 9.21. The molecule has 0 aliphatic carbocycles. The summed E-state index contributed by atoms with van der Waals surface area (Å²) < 4.78 is 5.49. The summed E-state index contributed by atoms with van der Waals surface area (Å²) in [5.41, 5.74) is 3.97. The standard InChI is InChI=1S/C24H22ClN5O2S2/c1-3-32-18-8-6-17(7-9-18)30-28-21-12-15(2)20(13-22(21)29-30)26-24(33)27-23(31)14-34-19-10-4-16(25)5-11-19/h4-13H,3,14H2,1-2H3,(H2,26,27,31,33). The monoisotopic (exact) mass is 511 g/mol. The molecule has 7 nitrogen and oxygen atoms in total. The predicted octanol–water partition coefficient (Wildman–Crippen LogP) is 5.39. The number of nitrogens with one attached hydrogen (secondary N) is 2. The summed E-state index contributed by atoms with van der Waals surface area (Å²) in [5, 5.41) is 15.8. The van der Waals surface area contributed by atoms with Gasteiger partial charge in [0.25, 0.3) is 0 Å². The first kappa shape index (κ1) is 24.0. The molecule has 34 heavy (non-hydrogen) atoms. The maximum absolute atomic E-state index is 12.3. The zero-order valence-electron chi connectivity index (χ0n) is 18.5. The molecular formula is C24H22ClN5O2S2. The van der Waals surface area contributed by atoms with Crippen LogP contribution in [0.4, 0.5) is 5.69 Å². The zero-order valence-corrected chi connectivity index (χ0v) is 20.9. The zero-order chi connectivity index (χ0) is 24.1. The maximum atomic E-state index is 12.3. The highest BCUT2D eigenvalue weighted by molar-refractivity contribution is 8.00. The van der Waals surface area contributed by atoms with Crippen LogP contribution in [0.3, 0.4) is 0 Å². The van der Waals surface area contributed by atoms with Gasteiger partial charge in [-0.15, -0.1) is 22.0 Å². The van der Waals surface area contributed by atoms with E-state index in [0.717, 1.165) is 33.1 Å². The number of benzene rings is 3. The smallest absolute Gasteiger partial charge is 0.236 e. The Morgan fingerprint density at radius 2 is 1.76 bits per heavy atom. The van der Waals surface area contributed by atoms with E-state index in [1.165, 1.54) is 11.8 Å². The van der Waals surface area contributed by atoms with Crippen LogP contribution in [0.2, 0.25) is 5.02 Å². The van der Waals surface area contributed by atoms with Crippen molar-refractivity contribution in [1.29, 1.82) is 0 Å². The van der Waals surface area contributed by atoms with Crippen LogP contribution in [0.1, 0.15) is 12.5 Å². The van der Waals surface area contributed by atoms with Crippen molar-refractivity contribution in [1.82, 2.24) is 20.3 Å². The first-order valence-corrected chi connectivity index (χ1v) is 12.3. The van der Waals surface area contributed by atoms with E-state index in [4.69, 9.17) is 28.6 Å². The molecule has 0 saturated carbocycles. The summed E-state index contributed by atoms with van der Waals surface area (Å²) >= 11 is 12.6. The molecule has 10 heteroatoms. The summed E-state index contributed by atoms with van der Waals surface area (Å²) in [5.74, 6) is 0.836. The number of hydrogen-bond acceptors (Lipinski definition) is 6. The van der Waals surface area contributed by atoms with E-state index in [9.17, 15) is 4.79 Å². The van der Waals surface area contributed by atoms with E-state index < -0.39 is 0 Å². The number of thiocarbonyl (C=S) groups is 1. The first-order valence-electron chi connectivity index (χ1n) is 10.5. The van der Waals surface area contributed by atoms with Crippen LogP contribution < -0.4 is 15.4 Å². The van der Waals surface area contributed by atoms with Crippen LogP contribution in [0.5, 0.6) is 5.75 Å². The minimum Gasteiger partial charge on any atom is -0.494 e. The number of halogens is 1. The molecule has 0 aliphatic rings. The number of carbonyl (C=O) groups is 1. The number of hydrogen-bond donors (Lipinski definition) is 2. The molecule has 4 aromatic rings. The van der Waals surface area contributed by atoms with Gasteiger partial charge >= 0.3 is 0 Å². The third-order valence-electron chi connectivity index (χ3n) is 4.79. The van der Waals surface area contributed by atoms with Crippen molar-refractivity contribution in [3.8, 4) is 11.4 Å². The van der Waals surface area contributed by atoms with Crippen LogP contribution in [0.15, 0.2) is 65.6 Å². The fraction of sp³-hybridized carbons (Fsp3) is 0.167. The molecule has 174 valence electrons. The van der Waals surface area contributed by atoms with Gasteiger partial charge in [-0.2, -0.15) is 4.80 Å². The summed E-state index contributed by atoms with van der Waals surface area (Å²) in [6.45, 7) is 4.50. The number of aryl methyl sites for hydroxylation is 1. The molecule has 0 bridgehead atoms. The highest BCUT2D eigenvalue weighted by atomic mass is 35.5. The van der Waals surface area contributed by atoms with Gasteiger partial charge in [0.1, 0.15) is 16.8 Å². The Morgan fingerprint density at radius 3 is 2.44 bits per heavy atom. The number of nitrogens with zero attached hydrogens (tertiary/aromatic N) is 3. The number of ether oxygens (including phenoxy) is 1. The Balaban J connectivity index is 1.40. The predicted molar refractivity (Wildman–Crippen MR) is 141 cm³/mol. The number of fused-ring (bicyclic) bond motifs is 1. The lowest BCUT2D eigenvalue weighted by molar-refractivity contribution is -0.117. The van der Waals surface area contributed by atoms with Gasteiger partial charge in [-0.05, 0) is 92.3 Å². The van der Waals surface area contributed by atoms with E-state index >= 15 is 0 Å².